The second-order valence-corrected chi connectivity index (χ2v) is 7.93. The van der Waals surface area contributed by atoms with Crippen molar-refractivity contribution in [2.75, 3.05) is 26.2 Å². The third-order valence-corrected chi connectivity index (χ3v) is 5.62. The molecule has 0 N–H and O–H groups in total. The number of carbonyl (C=O) groups is 2. The van der Waals surface area contributed by atoms with Crippen molar-refractivity contribution in [2.24, 2.45) is 5.92 Å². The fraction of sp³-hybridized carbons (Fsp3) is 0.600. The molecule has 8 nitrogen and oxygen atoms in total. The Morgan fingerprint density at radius 2 is 1.72 bits per heavy atom. The Balaban J connectivity index is 1.64. The van der Waals surface area contributed by atoms with E-state index in [0.29, 0.717) is 39.0 Å². The molecule has 2 aliphatic heterocycles. The van der Waals surface area contributed by atoms with E-state index in [1.165, 1.54) is 11.8 Å². The van der Waals surface area contributed by atoms with Crippen LogP contribution in [0.3, 0.4) is 0 Å². The fourth-order valence-electron chi connectivity index (χ4n) is 4.11. The van der Waals surface area contributed by atoms with Gasteiger partial charge in [0.2, 0.25) is 5.91 Å². The van der Waals surface area contributed by atoms with Crippen LogP contribution in [0.1, 0.15) is 42.6 Å². The molecule has 1 aromatic rings. The maximum atomic E-state index is 14.0. The van der Waals surface area contributed by atoms with Crippen molar-refractivity contribution in [3.8, 4) is 0 Å². The molecule has 158 valence electrons. The monoisotopic (exact) mass is 407 g/mol. The standard InChI is InChI=1S/C20H26FN3O5/c1-12-10-23(11-13(2)29-12)19(25)15-4-6-22(7-5-15)20(26)16-8-17(21)14(3)18(9-16)24(27)28/h8-9,12-13,15H,4-7,10-11H2,1-3H3. The van der Waals surface area contributed by atoms with Crippen LogP contribution >= 0.6 is 0 Å². The predicted octanol–water partition coefficient (Wildman–Crippen LogP) is 2.53. The Kier molecular flexibility index (Phi) is 6.16. The van der Waals surface area contributed by atoms with Crippen LogP contribution in [0.2, 0.25) is 0 Å². The highest BCUT2D eigenvalue weighted by Crippen LogP contribution is 2.26. The number of morpholine rings is 1. The first-order valence-electron chi connectivity index (χ1n) is 9.85. The van der Waals surface area contributed by atoms with Crippen LogP contribution in [0.4, 0.5) is 10.1 Å². The summed E-state index contributed by atoms with van der Waals surface area (Å²) in [7, 11) is 0. The average Bonchev–Trinajstić information content (AvgIpc) is 2.68. The van der Waals surface area contributed by atoms with Crippen LogP contribution in [-0.4, -0.2) is 64.9 Å². The Hall–Kier alpha value is -2.55. The number of hydrogen-bond acceptors (Lipinski definition) is 5. The van der Waals surface area contributed by atoms with Gasteiger partial charge in [-0.1, -0.05) is 0 Å². The molecule has 1 aromatic carbocycles. The number of likely N-dealkylation sites (tertiary alicyclic amines) is 1. The molecule has 2 saturated heterocycles. The number of ether oxygens (including phenoxy) is 1. The van der Waals surface area contributed by atoms with Crippen molar-refractivity contribution in [2.45, 2.75) is 45.8 Å². The first-order valence-corrected chi connectivity index (χ1v) is 9.85. The van der Waals surface area contributed by atoms with Gasteiger partial charge in [0.25, 0.3) is 11.6 Å². The molecule has 2 unspecified atom stereocenters. The number of nitro groups is 1. The van der Waals surface area contributed by atoms with Gasteiger partial charge < -0.3 is 14.5 Å². The zero-order chi connectivity index (χ0) is 21.3. The van der Waals surface area contributed by atoms with Crippen molar-refractivity contribution in [3.05, 3.63) is 39.2 Å². The van der Waals surface area contributed by atoms with Crippen LogP contribution in [0.15, 0.2) is 12.1 Å². The topological polar surface area (TPSA) is 93.0 Å². The molecule has 2 atom stereocenters. The number of halogens is 1. The molecule has 2 heterocycles. The van der Waals surface area contributed by atoms with Gasteiger partial charge in [-0.2, -0.15) is 0 Å². The maximum Gasteiger partial charge on any atom is 0.276 e. The van der Waals surface area contributed by atoms with Crippen molar-refractivity contribution in [1.29, 1.82) is 0 Å². The number of nitro benzene ring substituents is 1. The predicted molar refractivity (Wildman–Crippen MR) is 103 cm³/mol. The van der Waals surface area contributed by atoms with E-state index in [-0.39, 0.29) is 35.2 Å². The summed E-state index contributed by atoms with van der Waals surface area (Å²) in [5.74, 6) is -1.31. The molecule has 3 rings (SSSR count). The van der Waals surface area contributed by atoms with Gasteiger partial charge in [-0.3, -0.25) is 19.7 Å². The second-order valence-electron chi connectivity index (χ2n) is 7.93. The minimum atomic E-state index is -0.775. The lowest BCUT2D eigenvalue weighted by molar-refractivity contribution is -0.385. The van der Waals surface area contributed by atoms with Gasteiger partial charge in [0.15, 0.2) is 0 Å². The van der Waals surface area contributed by atoms with E-state index in [0.717, 1.165) is 12.1 Å². The molecule has 0 radical (unpaired) electrons. The first-order chi connectivity index (χ1) is 13.7. The fourth-order valence-corrected chi connectivity index (χ4v) is 4.11. The molecule has 0 bridgehead atoms. The minimum Gasteiger partial charge on any atom is -0.372 e. The Morgan fingerprint density at radius 1 is 1.14 bits per heavy atom. The summed E-state index contributed by atoms with van der Waals surface area (Å²) in [6.07, 6.45) is 1.02. The molecular weight excluding hydrogens is 381 g/mol. The van der Waals surface area contributed by atoms with Crippen LogP contribution < -0.4 is 0 Å². The van der Waals surface area contributed by atoms with Gasteiger partial charge in [0.1, 0.15) is 5.82 Å². The number of piperidine rings is 1. The summed E-state index contributed by atoms with van der Waals surface area (Å²) in [5.41, 5.74) is -0.542. The molecule has 9 heteroatoms. The van der Waals surface area contributed by atoms with Gasteiger partial charge in [0, 0.05) is 43.7 Å². The molecule has 0 aliphatic carbocycles. The first kappa shape index (κ1) is 21.2. The Labute approximate surface area is 168 Å². The second kappa shape index (κ2) is 8.44. The number of carbonyl (C=O) groups excluding carboxylic acids is 2. The summed E-state index contributed by atoms with van der Waals surface area (Å²) >= 11 is 0. The highest BCUT2D eigenvalue weighted by Gasteiger charge is 2.34. The van der Waals surface area contributed by atoms with Gasteiger partial charge in [-0.15, -0.1) is 0 Å². The van der Waals surface area contributed by atoms with E-state index in [1.54, 1.807) is 0 Å². The van der Waals surface area contributed by atoms with E-state index in [2.05, 4.69) is 0 Å². The van der Waals surface area contributed by atoms with E-state index >= 15 is 0 Å². The average molecular weight is 407 g/mol. The lowest BCUT2D eigenvalue weighted by Crippen LogP contribution is -2.51. The third kappa shape index (κ3) is 4.55. The zero-order valence-electron chi connectivity index (χ0n) is 16.9. The van der Waals surface area contributed by atoms with Gasteiger partial charge >= 0.3 is 0 Å². The molecular formula is C20H26FN3O5. The highest BCUT2D eigenvalue weighted by molar-refractivity contribution is 5.95. The number of rotatable bonds is 3. The van der Waals surface area contributed by atoms with Crippen LogP contribution in [0.5, 0.6) is 0 Å². The van der Waals surface area contributed by atoms with Gasteiger partial charge in [0.05, 0.1) is 22.7 Å². The van der Waals surface area contributed by atoms with E-state index in [1.807, 2.05) is 18.7 Å². The van der Waals surface area contributed by atoms with Gasteiger partial charge in [-0.25, -0.2) is 4.39 Å². The van der Waals surface area contributed by atoms with Crippen molar-refractivity contribution >= 4 is 17.5 Å². The summed E-state index contributed by atoms with van der Waals surface area (Å²) in [4.78, 5) is 39.3. The van der Waals surface area contributed by atoms with E-state index < -0.39 is 22.3 Å². The lowest BCUT2D eigenvalue weighted by atomic mass is 9.94. The SMILES string of the molecule is Cc1c(F)cc(C(=O)N2CCC(C(=O)N3CC(C)OC(C)C3)CC2)cc1[N+](=O)[O-]. The smallest absolute Gasteiger partial charge is 0.276 e. The van der Waals surface area contributed by atoms with Crippen molar-refractivity contribution in [3.63, 3.8) is 0 Å². The zero-order valence-corrected chi connectivity index (χ0v) is 16.9. The molecule has 2 aliphatic rings. The van der Waals surface area contributed by atoms with E-state index in [9.17, 15) is 24.1 Å². The molecule has 2 amide bonds. The van der Waals surface area contributed by atoms with Crippen LogP contribution in [0.25, 0.3) is 0 Å². The molecule has 0 saturated carbocycles. The van der Waals surface area contributed by atoms with Crippen LogP contribution in [0, 0.1) is 28.8 Å². The number of amides is 2. The van der Waals surface area contributed by atoms with Crippen LogP contribution in [-0.2, 0) is 9.53 Å². The van der Waals surface area contributed by atoms with Gasteiger partial charge in [-0.05, 0) is 39.7 Å². The normalized spacial score (nSPS) is 23.2. The minimum absolute atomic E-state index is 0.00316. The molecule has 29 heavy (non-hydrogen) atoms. The van der Waals surface area contributed by atoms with Crippen molar-refractivity contribution in [1.82, 2.24) is 9.80 Å². The summed E-state index contributed by atoms with van der Waals surface area (Å²) < 4.78 is 19.7. The van der Waals surface area contributed by atoms with Crippen molar-refractivity contribution < 1.29 is 23.6 Å². The molecule has 2 fully saturated rings. The number of benzene rings is 1. The summed E-state index contributed by atoms with van der Waals surface area (Å²) in [5, 5.41) is 11.1. The lowest BCUT2D eigenvalue weighted by Gasteiger charge is -2.39. The molecule has 0 spiro atoms. The number of nitrogens with zero attached hydrogens (tertiary/aromatic N) is 3. The quantitative estimate of drug-likeness (QED) is 0.567. The number of hydrogen-bond donors (Lipinski definition) is 0. The Bertz CT molecular complexity index is 813. The molecule has 0 aromatic heterocycles. The Morgan fingerprint density at radius 3 is 2.28 bits per heavy atom. The largest absolute Gasteiger partial charge is 0.372 e. The summed E-state index contributed by atoms with van der Waals surface area (Å²) in [6, 6.07) is 2.16. The third-order valence-electron chi connectivity index (χ3n) is 5.62. The van der Waals surface area contributed by atoms with E-state index in [4.69, 9.17) is 4.74 Å². The maximum absolute atomic E-state index is 14.0. The highest BCUT2D eigenvalue weighted by atomic mass is 19.1. The summed E-state index contributed by atoms with van der Waals surface area (Å²) in [6.45, 7) is 7.03.